The lowest BCUT2D eigenvalue weighted by molar-refractivity contribution is 0.0954. The molecule has 0 saturated carbocycles. The van der Waals surface area contributed by atoms with E-state index >= 15 is 0 Å². The summed E-state index contributed by atoms with van der Waals surface area (Å²) in [6.45, 7) is 3.68. The molecule has 0 aliphatic rings. The lowest BCUT2D eigenvalue weighted by atomic mass is 10.1. The Morgan fingerprint density at radius 2 is 2.00 bits per heavy atom. The van der Waals surface area contributed by atoms with Crippen LogP contribution in [0.25, 0.3) is 0 Å². The van der Waals surface area contributed by atoms with E-state index in [0.717, 1.165) is 42.2 Å². The van der Waals surface area contributed by atoms with E-state index < -0.39 is 0 Å². The predicted octanol–water partition coefficient (Wildman–Crippen LogP) is 3.94. The number of aromatic nitrogens is 1. The number of carbonyl (C=O) groups excluding carboxylic acids is 1. The van der Waals surface area contributed by atoms with Crippen molar-refractivity contribution >= 4 is 23.3 Å². The number of nitrogens with zero attached hydrogens (tertiary/aromatic N) is 2. The smallest absolute Gasteiger partial charge is 0.251 e. The fourth-order valence-corrected chi connectivity index (χ4v) is 2.48. The molecule has 0 radical (unpaired) electrons. The highest BCUT2D eigenvalue weighted by atomic mass is 35.5. The van der Waals surface area contributed by atoms with Gasteiger partial charge in [0, 0.05) is 36.9 Å². The monoisotopic (exact) mass is 345 g/mol. The highest BCUT2D eigenvalue weighted by Gasteiger charge is 2.09. The number of pyridine rings is 1. The molecule has 1 N–H and O–H groups in total. The van der Waals surface area contributed by atoms with Crippen LogP contribution in [0.4, 0.5) is 5.82 Å². The maximum atomic E-state index is 12.3. The minimum Gasteiger partial charge on any atom is -0.360 e. The molecular weight excluding hydrogens is 322 g/mol. The average Bonchev–Trinajstić information content (AvgIpc) is 2.61. The SMILES string of the molecule is CCCCN(C)c1cc(C(=O)NCCc2ccc(Cl)cc2)ccn1. The van der Waals surface area contributed by atoms with E-state index in [-0.39, 0.29) is 5.91 Å². The Hall–Kier alpha value is -2.07. The number of hydrogen-bond acceptors (Lipinski definition) is 3. The first-order valence-corrected chi connectivity index (χ1v) is 8.67. The second-order valence-corrected chi connectivity index (χ2v) is 6.25. The summed E-state index contributed by atoms with van der Waals surface area (Å²) in [6.07, 6.45) is 4.70. The Morgan fingerprint density at radius 3 is 2.71 bits per heavy atom. The molecule has 0 atom stereocenters. The van der Waals surface area contributed by atoms with Gasteiger partial charge in [-0.05, 0) is 42.7 Å². The van der Waals surface area contributed by atoms with Gasteiger partial charge in [-0.25, -0.2) is 4.98 Å². The van der Waals surface area contributed by atoms with Gasteiger partial charge in [0.1, 0.15) is 5.82 Å². The molecule has 5 heteroatoms. The molecule has 0 unspecified atom stereocenters. The fraction of sp³-hybridized carbons (Fsp3) is 0.368. The van der Waals surface area contributed by atoms with Crippen molar-refractivity contribution in [2.45, 2.75) is 26.2 Å². The van der Waals surface area contributed by atoms with Crippen molar-refractivity contribution in [2.75, 3.05) is 25.0 Å². The fourth-order valence-electron chi connectivity index (χ4n) is 2.35. The Kier molecular flexibility index (Phi) is 7.07. The van der Waals surface area contributed by atoms with Crippen LogP contribution in [0.15, 0.2) is 42.6 Å². The van der Waals surface area contributed by atoms with Crippen molar-refractivity contribution in [3.63, 3.8) is 0 Å². The van der Waals surface area contributed by atoms with Gasteiger partial charge >= 0.3 is 0 Å². The second kappa shape index (κ2) is 9.28. The second-order valence-electron chi connectivity index (χ2n) is 5.81. The van der Waals surface area contributed by atoms with Crippen LogP contribution in [0, 0.1) is 0 Å². The molecule has 0 aliphatic heterocycles. The van der Waals surface area contributed by atoms with Gasteiger partial charge in [-0.15, -0.1) is 0 Å². The molecule has 1 aromatic carbocycles. The molecule has 0 aliphatic carbocycles. The van der Waals surface area contributed by atoms with Gasteiger partial charge in [0.2, 0.25) is 0 Å². The van der Waals surface area contributed by atoms with Crippen molar-refractivity contribution in [2.24, 2.45) is 0 Å². The number of benzene rings is 1. The van der Waals surface area contributed by atoms with E-state index in [9.17, 15) is 4.79 Å². The first-order valence-electron chi connectivity index (χ1n) is 8.30. The van der Waals surface area contributed by atoms with E-state index in [1.165, 1.54) is 0 Å². The van der Waals surface area contributed by atoms with Crippen molar-refractivity contribution in [1.82, 2.24) is 10.3 Å². The average molecular weight is 346 g/mol. The molecule has 0 bridgehead atoms. The van der Waals surface area contributed by atoms with Crippen LogP contribution in [0.2, 0.25) is 5.02 Å². The van der Waals surface area contributed by atoms with Crippen LogP contribution in [0.5, 0.6) is 0 Å². The minimum absolute atomic E-state index is 0.0727. The summed E-state index contributed by atoms with van der Waals surface area (Å²) < 4.78 is 0. The van der Waals surface area contributed by atoms with E-state index in [1.807, 2.05) is 37.4 Å². The third-order valence-corrected chi connectivity index (χ3v) is 4.11. The van der Waals surface area contributed by atoms with Crippen molar-refractivity contribution in [1.29, 1.82) is 0 Å². The Morgan fingerprint density at radius 1 is 1.25 bits per heavy atom. The van der Waals surface area contributed by atoms with E-state index in [2.05, 4.69) is 22.1 Å². The topological polar surface area (TPSA) is 45.2 Å². The highest BCUT2D eigenvalue weighted by Crippen LogP contribution is 2.12. The molecule has 1 aromatic heterocycles. The molecule has 2 rings (SSSR count). The van der Waals surface area contributed by atoms with Gasteiger partial charge < -0.3 is 10.2 Å². The zero-order valence-corrected chi connectivity index (χ0v) is 15.0. The Bertz CT molecular complexity index is 658. The summed E-state index contributed by atoms with van der Waals surface area (Å²) in [5.41, 5.74) is 1.79. The standard InChI is InChI=1S/C19H24ClN3O/c1-3-4-13-23(2)18-14-16(10-12-21-18)19(24)22-11-9-15-5-7-17(20)8-6-15/h5-8,10,12,14H,3-4,9,11,13H2,1-2H3,(H,22,24). The highest BCUT2D eigenvalue weighted by molar-refractivity contribution is 6.30. The van der Waals surface area contributed by atoms with Crippen LogP contribution < -0.4 is 10.2 Å². The number of anilines is 1. The first kappa shape index (κ1) is 18.3. The summed E-state index contributed by atoms with van der Waals surface area (Å²) in [7, 11) is 2.00. The van der Waals surface area contributed by atoms with Crippen molar-refractivity contribution < 1.29 is 4.79 Å². The van der Waals surface area contributed by atoms with Crippen LogP contribution >= 0.6 is 11.6 Å². The Labute approximate surface area is 148 Å². The number of rotatable bonds is 8. The zero-order chi connectivity index (χ0) is 17.4. The van der Waals surface area contributed by atoms with E-state index in [4.69, 9.17) is 11.6 Å². The number of unbranched alkanes of at least 4 members (excludes halogenated alkanes) is 1. The molecule has 0 spiro atoms. The van der Waals surface area contributed by atoms with Crippen LogP contribution in [0.3, 0.4) is 0 Å². The van der Waals surface area contributed by atoms with Gasteiger partial charge in [-0.1, -0.05) is 37.1 Å². The Balaban J connectivity index is 1.88. The first-order chi connectivity index (χ1) is 11.6. The number of hydrogen-bond donors (Lipinski definition) is 1. The van der Waals surface area contributed by atoms with Gasteiger partial charge in [-0.3, -0.25) is 4.79 Å². The van der Waals surface area contributed by atoms with E-state index in [0.29, 0.717) is 12.1 Å². The van der Waals surface area contributed by atoms with Gasteiger partial charge in [0.05, 0.1) is 0 Å². The number of carbonyl (C=O) groups is 1. The van der Waals surface area contributed by atoms with Gasteiger partial charge in [0.25, 0.3) is 5.91 Å². The van der Waals surface area contributed by atoms with Crippen LogP contribution in [-0.4, -0.2) is 31.0 Å². The molecule has 24 heavy (non-hydrogen) atoms. The normalized spacial score (nSPS) is 10.5. The lowest BCUT2D eigenvalue weighted by Gasteiger charge is -2.18. The molecule has 1 amide bonds. The molecule has 128 valence electrons. The molecule has 1 heterocycles. The summed E-state index contributed by atoms with van der Waals surface area (Å²) in [6, 6.07) is 11.3. The largest absolute Gasteiger partial charge is 0.360 e. The van der Waals surface area contributed by atoms with Gasteiger partial charge in [0.15, 0.2) is 0 Å². The molecule has 0 fully saturated rings. The number of amides is 1. The summed E-state index contributed by atoms with van der Waals surface area (Å²) in [5, 5.41) is 3.67. The third kappa shape index (κ3) is 5.53. The summed E-state index contributed by atoms with van der Waals surface area (Å²) >= 11 is 5.87. The summed E-state index contributed by atoms with van der Waals surface area (Å²) in [4.78, 5) is 18.7. The summed E-state index contributed by atoms with van der Waals surface area (Å²) in [5.74, 6) is 0.755. The molecule has 4 nitrogen and oxygen atoms in total. The van der Waals surface area contributed by atoms with Crippen LogP contribution in [-0.2, 0) is 6.42 Å². The van der Waals surface area contributed by atoms with Crippen LogP contribution in [0.1, 0.15) is 35.7 Å². The molecule has 2 aromatic rings. The minimum atomic E-state index is -0.0727. The zero-order valence-electron chi connectivity index (χ0n) is 14.3. The van der Waals surface area contributed by atoms with Gasteiger partial charge in [-0.2, -0.15) is 0 Å². The maximum absolute atomic E-state index is 12.3. The van der Waals surface area contributed by atoms with Crippen molar-refractivity contribution in [3.05, 3.63) is 58.7 Å². The molecule has 0 saturated heterocycles. The predicted molar refractivity (Wildman–Crippen MR) is 99.9 cm³/mol. The number of halogens is 1. The quantitative estimate of drug-likeness (QED) is 0.788. The lowest BCUT2D eigenvalue weighted by Crippen LogP contribution is -2.26. The number of nitrogens with one attached hydrogen (secondary N) is 1. The maximum Gasteiger partial charge on any atom is 0.251 e. The van der Waals surface area contributed by atoms with Crippen molar-refractivity contribution in [3.8, 4) is 0 Å². The third-order valence-electron chi connectivity index (χ3n) is 3.86. The van der Waals surface area contributed by atoms with E-state index in [1.54, 1.807) is 12.3 Å². The molecular formula is C19H24ClN3O.